The van der Waals surface area contributed by atoms with Gasteiger partial charge in [-0.2, -0.15) is 0 Å². The van der Waals surface area contributed by atoms with Gasteiger partial charge in [-0.05, 0) is 110 Å². The van der Waals surface area contributed by atoms with Crippen molar-refractivity contribution in [3.63, 3.8) is 0 Å². The number of phenols is 1. The monoisotopic (exact) mass is 1500 g/mol. The zero-order valence-electron chi connectivity index (χ0n) is 54.9. The number of phenolic OH excluding ortho intramolecular Hbond substituents is 1. The number of unbranched alkanes of at least 4 members (excludes halogenated alkanes) is 5. The molecule has 7 atom stereocenters. The van der Waals surface area contributed by atoms with Gasteiger partial charge in [0.15, 0.2) is 0 Å². The Kier molecular flexibility index (Phi) is 39.4. The molecule has 1 aliphatic heterocycles. The van der Waals surface area contributed by atoms with Crippen LogP contribution in [0.3, 0.4) is 0 Å². The number of carbonyl (C=O) groups excluding carboxylic acids is 8. The lowest BCUT2D eigenvalue weighted by Gasteiger charge is -2.36. The van der Waals surface area contributed by atoms with Crippen LogP contribution in [-0.2, 0) is 70.4 Å². The van der Waals surface area contributed by atoms with Gasteiger partial charge in [0.2, 0.25) is 41.4 Å². The number of aliphatic hydroxyl groups is 1. The van der Waals surface area contributed by atoms with Crippen LogP contribution in [0.5, 0.6) is 5.75 Å². The Morgan fingerprint density at radius 1 is 0.469 bits per heavy atom. The average molecular weight is 1500 g/mol. The molecule has 1 unspecified atom stereocenters. The van der Waals surface area contributed by atoms with Crippen molar-refractivity contribution in [2.24, 2.45) is 17.2 Å². The quantitative estimate of drug-likeness (QED) is 0.0194. The van der Waals surface area contributed by atoms with Crippen molar-refractivity contribution < 1.29 is 98.1 Å². The second kappa shape index (κ2) is 46.0. The number of hydrogen-bond donors (Lipinski definition) is 17. The molecule has 0 saturated carbocycles. The molecule has 9 amide bonds. The number of aliphatic hydroxyl groups excluding tert-OH is 1. The van der Waals surface area contributed by atoms with Crippen LogP contribution in [0.4, 0.5) is 4.79 Å². The van der Waals surface area contributed by atoms with Crippen molar-refractivity contribution in [1.29, 1.82) is 0 Å². The number of aromatic hydroxyl groups is 1. The average Bonchev–Trinajstić information content (AvgIpc) is 0.864. The predicted octanol–water partition coefficient (Wildman–Crippen LogP) is -1.99. The molecule has 1 fully saturated rings. The van der Waals surface area contributed by atoms with Crippen LogP contribution in [0, 0.1) is 3.57 Å². The summed E-state index contributed by atoms with van der Waals surface area (Å²) in [7, 11) is 0. The van der Waals surface area contributed by atoms with E-state index >= 15 is 0 Å². The maximum Gasteiger partial charge on any atom is 0.326 e. The summed E-state index contributed by atoms with van der Waals surface area (Å²) in [6.45, 7) is 1.83. The number of nitrogens with one attached hydrogen (secondary N) is 7. The van der Waals surface area contributed by atoms with Crippen LogP contribution in [0.15, 0.2) is 48.5 Å². The van der Waals surface area contributed by atoms with E-state index in [1.54, 1.807) is 56.0 Å². The highest BCUT2D eigenvalue weighted by Crippen LogP contribution is 2.22. The van der Waals surface area contributed by atoms with Crippen molar-refractivity contribution in [2.75, 3.05) is 85.1 Å². The van der Waals surface area contributed by atoms with E-state index in [9.17, 15) is 93.0 Å². The molecule has 1 heterocycles. The van der Waals surface area contributed by atoms with Gasteiger partial charge in [-0.25, -0.2) is 19.2 Å². The van der Waals surface area contributed by atoms with Crippen molar-refractivity contribution in [3.8, 4) is 5.75 Å². The molecule has 0 aromatic heterocycles. The molecule has 20 N–H and O–H groups in total. The molecule has 2 aromatic rings. The number of carboxylic acid groups (broad SMARTS) is 5. The van der Waals surface area contributed by atoms with Gasteiger partial charge in [0.1, 0.15) is 48.2 Å². The number of β-amino-alcohol motifs (C(OH)–C–C–N with tert-alkyl or cyclic N) is 1. The summed E-state index contributed by atoms with van der Waals surface area (Å²) in [6, 6.07) is 3.59. The number of urea groups is 1. The molecule has 35 heteroatoms. The molecule has 0 radical (unpaired) electrons. The van der Waals surface area contributed by atoms with E-state index in [1.807, 2.05) is 22.6 Å². The molecule has 3 rings (SSSR count). The number of carbonyl (C=O) groups is 13. The smallest absolute Gasteiger partial charge is 0.326 e. The number of rotatable bonds is 45. The number of nitrogens with two attached hydrogens (primary N) is 3. The van der Waals surface area contributed by atoms with E-state index in [0.717, 1.165) is 0 Å². The Labute approximate surface area is 581 Å². The van der Waals surface area contributed by atoms with Crippen molar-refractivity contribution in [3.05, 3.63) is 63.2 Å². The van der Waals surface area contributed by atoms with Gasteiger partial charge >= 0.3 is 35.9 Å². The highest BCUT2D eigenvalue weighted by Gasteiger charge is 2.33. The Hall–Kier alpha value is -8.36. The van der Waals surface area contributed by atoms with Gasteiger partial charge in [0.25, 0.3) is 0 Å². The SMILES string of the molecule is NC(=O)CN1CCN(CC(N)=O)CCN([C@H](CCC(=O)N[C@H](Cc2ccc(O)c(I)c2)C(=O)N[C@H](Cc2ccccc2)C(=O)N[C@H](CCCCNC(=O)CCCCCCC(=O)NCCCC[C@H](NC(=O)N[C@@H](CCC(=O)O)C(=O)O)C(=O)O)C(=O)O)C(=O)O)CCN(CC(N)O)CC1. The number of benzene rings is 2. The fourth-order valence-corrected chi connectivity index (χ4v) is 11.3. The van der Waals surface area contributed by atoms with E-state index in [-0.39, 0.29) is 141 Å². The predicted molar refractivity (Wildman–Crippen MR) is 361 cm³/mol. The van der Waals surface area contributed by atoms with Gasteiger partial charge in [-0.1, -0.05) is 49.2 Å². The molecule has 98 heavy (non-hydrogen) atoms. The summed E-state index contributed by atoms with van der Waals surface area (Å²) in [5, 5.41) is 86.6. The lowest BCUT2D eigenvalue weighted by atomic mass is 10.0. The number of aliphatic carboxylic acids is 5. The molecular weight excluding hydrogens is 1400 g/mol. The van der Waals surface area contributed by atoms with E-state index in [1.165, 1.54) is 12.1 Å². The van der Waals surface area contributed by atoms with Gasteiger partial charge in [-0.15, -0.1) is 0 Å². The first kappa shape index (κ1) is 83.9. The van der Waals surface area contributed by atoms with Crippen LogP contribution in [-0.4, -0.2) is 260 Å². The van der Waals surface area contributed by atoms with Gasteiger partial charge in [-0.3, -0.25) is 62.8 Å². The summed E-state index contributed by atoms with van der Waals surface area (Å²) >= 11 is 1.89. The summed E-state index contributed by atoms with van der Waals surface area (Å²) in [4.78, 5) is 171. The molecule has 34 nitrogen and oxygen atoms in total. The Morgan fingerprint density at radius 3 is 1.41 bits per heavy atom. The summed E-state index contributed by atoms with van der Waals surface area (Å²) in [5.41, 5.74) is 17.9. The van der Waals surface area contributed by atoms with E-state index in [4.69, 9.17) is 22.3 Å². The molecule has 0 spiro atoms. The Morgan fingerprint density at radius 2 is 0.929 bits per heavy atom. The molecule has 1 aliphatic rings. The molecule has 546 valence electrons. The topological polar surface area (TPSA) is 539 Å². The Balaban J connectivity index is 1.58. The second-order valence-corrected chi connectivity index (χ2v) is 25.1. The van der Waals surface area contributed by atoms with Gasteiger partial charge in [0, 0.05) is 111 Å². The number of halogens is 1. The number of carboxylic acids is 5. The minimum absolute atomic E-state index is 0.00354. The fourth-order valence-electron chi connectivity index (χ4n) is 10.7. The van der Waals surface area contributed by atoms with Gasteiger partial charge in [0.05, 0.1) is 16.7 Å². The minimum Gasteiger partial charge on any atom is -0.507 e. The van der Waals surface area contributed by atoms with Crippen LogP contribution in [0.1, 0.15) is 114 Å². The standard InChI is InChI=1S/C63H97IN14O20/c64-42-34-41(18-21-49(42)79)36-46(70-55(85)22-20-48(62(96)97)78-32-30-76(38-51(66)81)28-26-75(37-50(65)80)27-29-77(31-33-78)39-52(67)82)57(88)72-47(35-40-12-4-3-5-13-40)58(89)71-43(59(90)91)14-8-10-24-68-53(83)16-6-1-2-7-17-54(84)69-25-11-9-15-44(60(92)93)73-63(98)74-45(61(94)95)19-23-56(86)87/h3-5,12-13,18,21,34,43-48,51,79,81H,1-2,6-11,14-17,19-20,22-33,35-39,66H2,(H2,65,80)(H2,67,82)(H,68,83)(H,69,84)(H,70,85)(H,71,89)(H,72,88)(H,86,87)(H,90,91)(H,92,93)(H,94,95)(H,96,97)(H2,73,74,98)/t43-,44+,45+,46-,47-,48-,51?/m1/s1. The van der Waals surface area contributed by atoms with Crippen LogP contribution in [0.25, 0.3) is 0 Å². The van der Waals surface area contributed by atoms with Crippen molar-refractivity contribution in [1.82, 2.24) is 56.8 Å². The van der Waals surface area contributed by atoms with Crippen LogP contribution >= 0.6 is 22.6 Å². The molecule has 1 saturated heterocycles. The first-order chi connectivity index (χ1) is 46.5. The largest absolute Gasteiger partial charge is 0.507 e. The van der Waals surface area contributed by atoms with Crippen LogP contribution < -0.4 is 54.4 Å². The summed E-state index contributed by atoms with van der Waals surface area (Å²) in [5.74, 6) is -10.9. The zero-order chi connectivity index (χ0) is 72.7. The molecule has 0 bridgehead atoms. The third-order valence-electron chi connectivity index (χ3n) is 16.0. The summed E-state index contributed by atoms with van der Waals surface area (Å²) < 4.78 is 0.425. The van der Waals surface area contributed by atoms with E-state index in [0.29, 0.717) is 72.9 Å². The first-order valence-electron chi connectivity index (χ1n) is 32.6. The van der Waals surface area contributed by atoms with E-state index in [2.05, 4.69) is 37.2 Å². The number of primary amides is 2. The zero-order valence-corrected chi connectivity index (χ0v) is 57.1. The maximum absolute atomic E-state index is 14.5. The number of hydrogen-bond acceptors (Lipinski definition) is 20. The molecular formula is C63H97IN14O20. The third kappa shape index (κ3) is 35.8. The maximum atomic E-state index is 14.5. The number of amides is 9. The van der Waals surface area contributed by atoms with Crippen LogP contribution in [0.2, 0.25) is 0 Å². The first-order valence-corrected chi connectivity index (χ1v) is 33.6. The Bertz CT molecular complexity index is 2950. The normalized spacial score (nSPS) is 15.7. The lowest BCUT2D eigenvalue weighted by Crippen LogP contribution is -2.57. The van der Waals surface area contributed by atoms with Crippen molar-refractivity contribution in [2.45, 2.75) is 158 Å². The lowest BCUT2D eigenvalue weighted by molar-refractivity contribution is -0.145. The van der Waals surface area contributed by atoms with Crippen molar-refractivity contribution >= 4 is 99.8 Å². The van der Waals surface area contributed by atoms with Gasteiger partial charge < -0.3 is 90.2 Å². The second-order valence-electron chi connectivity index (χ2n) is 24.0. The third-order valence-corrected chi connectivity index (χ3v) is 16.8. The molecule has 2 aromatic carbocycles. The highest BCUT2D eigenvalue weighted by atomic mass is 127. The highest BCUT2D eigenvalue weighted by molar-refractivity contribution is 14.1. The summed E-state index contributed by atoms with van der Waals surface area (Å²) in [6.07, 6.45) is 0.807. The minimum atomic E-state index is -1.54. The number of nitrogens with zero attached hydrogens (tertiary/aromatic N) is 4. The van der Waals surface area contributed by atoms with E-state index < -0.39 is 127 Å². The fraction of sp³-hybridized carbons (Fsp3) is 0.603. The molecule has 0 aliphatic carbocycles.